The zero-order valence-electron chi connectivity index (χ0n) is 17.2. The molecule has 0 unspecified atom stereocenters. The topological polar surface area (TPSA) is 101 Å². The molecule has 1 aromatic heterocycles. The van der Waals surface area contributed by atoms with Crippen molar-refractivity contribution in [3.05, 3.63) is 12.2 Å². The van der Waals surface area contributed by atoms with Gasteiger partial charge in [0.15, 0.2) is 5.82 Å². The number of ether oxygens (including phenoxy) is 1. The summed E-state index contributed by atoms with van der Waals surface area (Å²) in [5, 5.41) is 13.8. The van der Waals surface area contributed by atoms with Crippen LogP contribution in [-0.2, 0) is 11.8 Å². The van der Waals surface area contributed by atoms with E-state index < -0.39 is 11.7 Å². The number of aromatic nitrogens is 3. The number of hydrogen-bond acceptors (Lipinski definition) is 5. The van der Waals surface area contributed by atoms with E-state index in [1.165, 1.54) is 0 Å². The number of amides is 3. The Morgan fingerprint density at radius 3 is 2.56 bits per heavy atom. The number of alkyl carbamates (subject to hydrolysis) is 1. The van der Waals surface area contributed by atoms with E-state index in [4.69, 9.17) is 4.74 Å². The Bertz CT molecular complexity index is 654. The molecule has 3 amide bonds. The molecular weight excluding hydrogens is 348 g/mol. The van der Waals surface area contributed by atoms with Gasteiger partial charge in [0, 0.05) is 19.6 Å². The summed E-state index contributed by atoms with van der Waals surface area (Å²) in [6, 6.07) is -0.719. The quantitative estimate of drug-likeness (QED) is 0.835. The first-order valence-electron chi connectivity index (χ1n) is 9.49. The number of rotatable bonds is 4. The Labute approximate surface area is 160 Å². The van der Waals surface area contributed by atoms with Gasteiger partial charge in [-0.25, -0.2) is 9.59 Å². The van der Waals surface area contributed by atoms with Crippen molar-refractivity contribution >= 4 is 12.1 Å². The highest BCUT2D eigenvalue weighted by atomic mass is 16.6. The van der Waals surface area contributed by atoms with Crippen LogP contribution in [0.25, 0.3) is 0 Å². The zero-order chi connectivity index (χ0) is 20.2. The van der Waals surface area contributed by atoms with E-state index >= 15 is 0 Å². The van der Waals surface area contributed by atoms with Gasteiger partial charge in [-0.15, -0.1) is 10.2 Å². The summed E-state index contributed by atoms with van der Waals surface area (Å²) in [7, 11) is 1.84. The Hall–Kier alpha value is -2.32. The van der Waals surface area contributed by atoms with Gasteiger partial charge < -0.3 is 24.8 Å². The van der Waals surface area contributed by atoms with Gasteiger partial charge >= 0.3 is 12.1 Å². The molecule has 0 saturated carbocycles. The van der Waals surface area contributed by atoms with Gasteiger partial charge in [0.2, 0.25) is 0 Å². The first-order valence-corrected chi connectivity index (χ1v) is 9.49. The van der Waals surface area contributed by atoms with Crippen LogP contribution < -0.4 is 10.6 Å². The average molecular weight is 380 g/mol. The zero-order valence-corrected chi connectivity index (χ0v) is 17.2. The van der Waals surface area contributed by atoms with Crippen LogP contribution in [0.4, 0.5) is 9.59 Å². The standard InChI is InChI=1S/C18H32N6O3/c1-12(21-17(26)27-18(3,4)5)14-9-7-8-10-24(14)16(25)20-13(2)15-22-19-11-23(15)6/h11-14H,7-10H2,1-6H3,(H,20,25)(H,21,26)/t12-,13-,14-/m0/s1. The van der Waals surface area contributed by atoms with Crippen LogP contribution in [0.3, 0.4) is 0 Å². The molecule has 1 aromatic rings. The van der Waals surface area contributed by atoms with Gasteiger partial charge in [-0.2, -0.15) is 0 Å². The lowest BCUT2D eigenvalue weighted by molar-refractivity contribution is 0.0461. The number of urea groups is 1. The molecule has 0 aromatic carbocycles. The highest BCUT2D eigenvalue weighted by molar-refractivity contribution is 5.75. The first-order chi connectivity index (χ1) is 12.6. The van der Waals surface area contributed by atoms with Crippen molar-refractivity contribution in [2.75, 3.05) is 6.54 Å². The number of nitrogens with zero attached hydrogens (tertiary/aromatic N) is 4. The SMILES string of the molecule is C[C@H](NC(=O)N1CCCC[C@H]1[C@H](C)NC(=O)OC(C)(C)C)c1nncn1C. The molecule has 27 heavy (non-hydrogen) atoms. The van der Waals surface area contributed by atoms with E-state index in [2.05, 4.69) is 20.8 Å². The summed E-state index contributed by atoms with van der Waals surface area (Å²) >= 11 is 0. The number of carbonyl (C=O) groups is 2. The van der Waals surface area contributed by atoms with Crippen LogP contribution >= 0.6 is 0 Å². The third kappa shape index (κ3) is 5.83. The monoisotopic (exact) mass is 380 g/mol. The van der Waals surface area contributed by atoms with E-state index in [-0.39, 0.29) is 24.2 Å². The van der Waals surface area contributed by atoms with E-state index in [1.807, 2.05) is 41.7 Å². The van der Waals surface area contributed by atoms with Crippen molar-refractivity contribution < 1.29 is 14.3 Å². The summed E-state index contributed by atoms with van der Waals surface area (Å²) in [5.41, 5.74) is -0.557. The molecule has 9 heteroatoms. The van der Waals surface area contributed by atoms with Crippen molar-refractivity contribution in [1.29, 1.82) is 0 Å². The number of hydrogen-bond donors (Lipinski definition) is 2. The van der Waals surface area contributed by atoms with Gasteiger partial charge in [-0.1, -0.05) is 0 Å². The maximum absolute atomic E-state index is 12.9. The number of aryl methyl sites for hydroxylation is 1. The fourth-order valence-electron chi connectivity index (χ4n) is 3.34. The molecule has 0 aliphatic carbocycles. The number of nitrogens with one attached hydrogen (secondary N) is 2. The molecule has 0 spiro atoms. The Morgan fingerprint density at radius 1 is 1.26 bits per heavy atom. The normalized spacial score (nSPS) is 19.9. The van der Waals surface area contributed by atoms with Crippen molar-refractivity contribution in [1.82, 2.24) is 30.3 Å². The molecule has 1 aliphatic heterocycles. The Morgan fingerprint density at radius 2 is 1.96 bits per heavy atom. The van der Waals surface area contributed by atoms with Crippen LogP contribution in [0.2, 0.25) is 0 Å². The highest BCUT2D eigenvalue weighted by Gasteiger charge is 2.33. The van der Waals surface area contributed by atoms with Crippen molar-refractivity contribution in [3.8, 4) is 0 Å². The lowest BCUT2D eigenvalue weighted by Crippen LogP contribution is -2.57. The summed E-state index contributed by atoms with van der Waals surface area (Å²) in [4.78, 5) is 26.8. The van der Waals surface area contributed by atoms with E-state index in [0.29, 0.717) is 12.4 Å². The van der Waals surface area contributed by atoms with Crippen LogP contribution in [0, 0.1) is 0 Å². The van der Waals surface area contributed by atoms with Crippen LogP contribution in [0.15, 0.2) is 6.33 Å². The largest absolute Gasteiger partial charge is 0.444 e. The van der Waals surface area contributed by atoms with E-state index in [9.17, 15) is 9.59 Å². The minimum atomic E-state index is -0.557. The van der Waals surface area contributed by atoms with E-state index in [1.54, 1.807) is 15.8 Å². The fraction of sp³-hybridized carbons (Fsp3) is 0.778. The molecule has 1 aliphatic rings. The molecule has 2 rings (SSSR count). The summed E-state index contributed by atoms with van der Waals surface area (Å²) < 4.78 is 7.12. The fourth-order valence-corrected chi connectivity index (χ4v) is 3.34. The maximum atomic E-state index is 12.9. The molecule has 3 atom stereocenters. The minimum absolute atomic E-state index is 0.0852. The number of piperidine rings is 1. The summed E-state index contributed by atoms with van der Waals surface area (Å²) in [6.07, 6.45) is 3.94. The third-order valence-electron chi connectivity index (χ3n) is 4.61. The predicted molar refractivity (Wildman–Crippen MR) is 101 cm³/mol. The number of carbonyl (C=O) groups excluding carboxylic acids is 2. The van der Waals surface area contributed by atoms with Gasteiger partial charge in [0.25, 0.3) is 0 Å². The second-order valence-electron chi connectivity index (χ2n) is 8.16. The van der Waals surface area contributed by atoms with Crippen molar-refractivity contribution in [3.63, 3.8) is 0 Å². The third-order valence-corrected chi connectivity index (χ3v) is 4.61. The van der Waals surface area contributed by atoms with Crippen LogP contribution in [0.5, 0.6) is 0 Å². The van der Waals surface area contributed by atoms with Crippen LogP contribution in [-0.4, -0.2) is 56.0 Å². The molecule has 1 fully saturated rings. The van der Waals surface area contributed by atoms with Crippen LogP contribution in [0.1, 0.15) is 65.7 Å². The Balaban J connectivity index is 1.99. The maximum Gasteiger partial charge on any atom is 0.407 e. The van der Waals surface area contributed by atoms with Gasteiger partial charge in [0.1, 0.15) is 11.9 Å². The molecule has 152 valence electrons. The van der Waals surface area contributed by atoms with Gasteiger partial charge in [-0.05, 0) is 53.9 Å². The predicted octanol–water partition coefficient (Wildman–Crippen LogP) is 2.35. The average Bonchev–Trinajstić information content (AvgIpc) is 2.99. The van der Waals surface area contributed by atoms with Crippen molar-refractivity contribution in [2.24, 2.45) is 7.05 Å². The summed E-state index contributed by atoms with van der Waals surface area (Å²) in [5.74, 6) is 0.692. The van der Waals surface area contributed by atoms with Gasteiger partial charge in [-0.3, -0.25) is 0 Å². The lowest BCUT2D eigenvalue weighted by Gasteiger charge is -2.39. The highest BCUT2D eigenvalue weighted by Crippen LogP contribution is 2.21. The van der Waals surface area contributed by atoms with Gasteiger partial charge in [0.05, 0.1) is 12.1 Å². The summed E-state index contributed by atoms with van der Waals surface area (Å²) in [6.45, 7) is 9.92. The first kappa shape index (κ1) is 21.0. The molecule has 0 radical (unpaired) electrons. The molecular formula is C18H32N6O3. The lowest BCUT2D eigenvalue weighted by atomic mass is 9.97. The molecule has 2 N–H and O–H groups in total. The minimum Gasteiger partial charge on any atom is -0.444 e. The molecule has 2 heterocycles. The molecule has 9 nitrogen and oxygen atoms in total. The van der Waals surface area contributed by atoms with E-state index in [0.717, 1.165) is 19.3 Å². The second-order valence-corrected chi connectivity index (χ2v) is 8.16. The smallest absolute Gasteiger partial charge is 0.407 e. The second kappa shape index (κ2) is 8.58. The van der Waals surface area contributed by atoms with Crippen molar-refractivity contribution in [2.45, 2.75) is 77.6 Å². The Kier molecular flexibility index (Phi) is 6.67. The molecule has 0 bridgehead atoms. The molecule has 1 saturated heterocycles. The number of likely N-dealkylation sites (tertiary alicyclic amines) is 1.